The maximum Gasteiger partial charge on any atom is 2.00 e. The summed E-state index contributed by atoms with van der Waals surface area (Å²) in [6.07, 6.45) is -9.83. The third kappa shape index (κ3) is 6.25. The molecule has 0 aromatic carbocycles. The molecule has 0 radical (unpaired) electrons. The van der Waals surface area contributed by atoms with Gasteiger partial charge in [-0.1, -0.05) is 41.5 Å². The smallest absolute Gasteiger partial charge is 0.738 e. The molecular weight excluding hydrogens is 790 g/mol. The van der Waals surface area contributed by atoms with E-state index in [9.17, 15) is 26.3 Å². The summed E-state index contributed by atoms with van der Waals surface area (Å²) in [5.41, 5.74) is -5.88. The van der Waals surface area contributed by atoms with Crippen LogP contribution in [0.5, 0.6) is 0 Å². The van der Waals surface area contributed by atoms with E-state index >= 15 is 0 Å². The molecule has 0 aliphatic rings. The average molecular weight is 816 g/mol. The fourth-order valence-corrected chi connectivity index (χ4v) is 4.16. The zero-order valence-corrected chi connectivity index (χ0v) is 27.5. The van der Waals surface area contributed by atoms with Gasteiger partial charge in [0, 0.05) is 21.0 Å². The third-order valence-electron chi connectivity index (χ3n) is 6.12. The van der Waals surface area contributed by atoms with Crippen LogP contribution in [0.25, 0.3) is 11.6 Å². The first-order valence-electron chi connectivity index (χ1n) is 12.1. The van der Waals surface area contributed by atoms with Crippen LogP contribution in [0.15, 0.2) is 31.2 Å². The van der Waals surface area contributed by atoms with Gasteiger partial charge < -0.3 is 34.1 Å². The van der Waals surface area contributed by atoms with Gasteiger partial charge in [-0.15, -0.1) is 0 Å². The van der Waals surface area contributed by atoms with Gasteiger partial charge in [-0.05, 0) is 26.0 Å². The quantitative estimate of drug-likeness (QED) is 0.164. The molecule has 0 amide bonds. The van der Waals surface area contributed by atoms with Crippen molar-refractivity contribution in [3.63, 3.8) is 0 Å². The van der Waals surface area contributed by atoms with Crippen LogP contribution < -0.4 is 0 Å². The zero-order valence-electron chi connectivity index (χ0n) is 23.6. The second-order valence-electron chi connectivity index (χ2n) is 12.0. The van der Waals surface area contributed by atoms with Gasteiger partial charge in [0.1, 0.15) is 11.4 Å². The van der Waals surface area contributed by atoms with E-state index in [0.717, 1.165) is 12.1 Å². The fraction of sp³-hybridized carbons (Fsp3) is 0.520. The normalized spacial score (nSPS) is 13.5. The first-order valence-corrected chi connectivity index (χ1v) is 13.0. The molecule has 4 aromatic rings. The topological polar surface area (TPSA) is 87.7 Å². The van der Waals surface area contributed by atoms with E-state index in [1.807, 2.05) is 0 Å². The summed E-state index contributed by atoms with van der Waals surface area (Å²) in [4.78, 5) is 8.29. The van der Waals surface area contributed by atoms with Gasteiger partial charge in [0.2, 0.25) is 0 Å². The number of alkyl halides is 6. The minimum Gasteiger partial charge on any atom is -0.738 e. The Morgan fingerprint density at radius 3 is 1.17 bits per heavy atom. The number of halogens is 6. The van der Waals surface area contributed by atoms with Crippen LogP contribution in [0, 0.1) is 0 Å². The molecule has 0 fully saturated rings. The van der Waals surface area contributed by atoms with Crippen molar-refractivity contribution in [1.29, 1.82) is 0 Å². The summed E-state index contributed by atoms with van der Waals surface area (Å²) in [6, 6.07) is 1.44. The molecule has 0 spiro atoms. The summed E-state index contributed by atoms with van der Waals surface area (Å²) in [5, 5.41) is 7.55. The van der Waals surface area contributed by atoms with E-state index in [0.29, 0.717) is 9.36 Å². The minimum absolute atomic E-state index is 0. The van der Waals surface area contributed by atoms with Gasteiger partial charge >= 0.3 is 33.4 Å². The van der Waals surface area contributed by atoms with Crippen molar-refractivity contribution in [2.45, 2.75) is 94.2 Å². The van der Waals surface area contributed by atoms with Gasteiger partial charge in [0.15, 0.2) is 23.4 Å². The molecular formula is C25H26F6N6O2PtS2. The summed E-state index contributed by atoms with van der Waals surface area (Å²) >= 11 is 10.3. The van der Waals surface area contributed by atoms with Crippen molar-refractivity contribution in [2.75, 3.05) is 0 Å². The van der Waals surface area contributed by atoms with Crippen molar-refractivity contribution in [2.24, 2.45) is 0 Å². The standard InChI is InChI=1S/C25H28F6N6O2S2.Pt/c1-21(2,3)19-32-15(17(40)38-19)36-13(24(26,27)28)9-11(34-36)23(7,8)12-10-14(25(29,30)31)37(35-12)16-18(41)39-20(33-16)22(4,5)6;/h9-10,40-41H,1-8H3;/q;+2/p-2. The molecule has 0 N–H and O–H groups in total. The van der Waals surface area contributed by atoms with E-state index in [1.54, 1.807) is 41.5 Å². The Balaban J connectivity index is 0.00000484. The molecule has 0 bridgehead atoms. The van der Waals surface area contributed by atoms with E-state index in [2.05, 4.69) is 20.2 Å². The summed E-state index contributed by atoms with van der Waals surface area (Å²) in [7, 11) is 0. The van der Waals surface area contributed by atoms with E-state index < -0.39 is 40.0 Å². The maximum atomic E-state index is 14.1. The molecule has 0 aliphatic carbocycles. The average Bonchev–Trinajstić information content (AvgIpc) is 3.54. The molecule has 232 valence electrons. The third-order valence-corrected chi connectivity index (χ3v) is 6.66. The summed E-state index contributed by atoms with van der Waals surface area (Å²) < 4.78 is 96.7. The fourth-order valence-electron chi connectivity index (χ4n) is 3.74. The van der Waals surface area contributed by atoms with Crippen LogP contribution in [0.3, 0.4) is 0 Å². The van der Waals surface area contributed by atoms with Crippen molar-refractivity contribution in [1.82, 2.24) is 29.5 Å². The SMILES string of the molecule is CC(C)(C)c1nc(-n2nc(C(C)(C)c3cc(C(F)(F)F)n(-c4nc(C(C)(C)C)oc4[S-])n3)cc2C(F)(F)F)c([S-])o1.[Pt+2]. The molecule has 4 heterocycles. The molecule has 17 heteroatoms. The maximum absolute atomic E-state index is 14.1. The Hall–Kier alpha value is -2.45. The summed E-state index contributed by atoms with van der Waals surface area (Å²) in [6.45, 7) is 13.2. The van der Waals surface area contributed by atoms with Gasteiger partial charge in [-0.2, -0.15) is 46.5 Å². The molecule has 8 nitrogen and oxygen atoms in total. The first kappa shape index (κ1) is 34.0. The number of rotatable bonds is 4. The molecule has 42 heavy (non-hydrogen) atoms. The van der Waals surface area contributed by atoms with Crippen molar-refractivity contribution in [3.05, 3.63) is 46.7 Å². The van der Waals surface area contributed by atoms with E-state index in [1.165, 1.54) is 13.8 Å². The predicted molar refractivity (Wildman–Crippen MR) is 138 cm³/mol. The second kappa shape index (κ2) is 10.6. The van der Waals surface area contributed by atoms with Crippen LogP contribution in [-0.2, 0) is 74.9 Å². The van der Waals surface area contributed by atoms with Crippen molar-refractivity contribution >= 4 is 25.3 Å². The van der Waals surface area contributed by atoms with Gasteiger partial charge in [0.25, 0.3) is 0 Å². The first-order chi connectivity index (χ1) is 18.4. The van der Waals surface area contributed by atoms with Gasteiger partial charge in [-0.3, -0.25) is 0 Å². The Morgan fingerprint density at radius 1 is 0.619 bits per heavy atom. The van der Waals surface area contributed by atoms with E-state index in [-0.39, 0.29) is 66.1 Å². The summed E-state index contributed by atoms with van der Waals surface area (Å²) in [5.74, 6) is -0.544. The van der Waals surface area contributed by atoms with Crippen LogP contribution in [0.1, 0.15) is 89.9 Å². The molecule has 4 rings (SSSR count). The number of hydrogen-bond acceptors (Lipinski definition) is 8. The molecule has 4 aromatic heterocycles. The van der Waals surface area contributed by atoms with Crippen LogP contribution >= 0.6 is 0 Å². The van der Waals surface area contributed by atoms with Crippen LogP contribution in [-0.4, -0.2) is 29.5 Å². The van der Waals surface area contributed by atoms with Crippen LogP contribution in [0.4, 0.5) is 26.3 Å². The van der Waals surface area contributed by atoms with Crippen molar-refractivity contribution in [3.8, 4) is 11.6 Å². The number of oxazole rings is 2. The van der Waals surface area contributed by atoms with Crippen LogP contribution in [0.2, 0.25) is 0 Å². The zero-order chi connectivity index (χ0) is 31.1. The predicted octanol–water partition coefficient (Wildman–Crippen LogP) is 6.80. The molecule has 0 aliphatic heterocycles. The van der Waals surface area contributed by atoms with Crippen molar-refractivity contribution < 1.29 is 56.2 Å². The Kier molecular flexibility index (Phi) is 8.61. The Labute approximate surface area is 262 Å². The van der Waals surface area contributed by atoms with E-state index in [4.69, 9.17) is 34.1 Å². The number of nitrogens with zero attached hydrogens (tertiary/aromatic N) is 6. The molecule has 0 unspecified atom stereocenters. The Morgan fingerprint density at radius 2 is 0.929 bits per heavy atom. The van der Waals surface area contributed by atoms with Gasteiger partial charge in [-0.25, -0.2) is 9.36 Å². The monoisotopic (exact) mass is 815 g/mol. The molecule has 0 atom stereocenters. The molecule has 0 saturated heterocycles. The minimum atomic E-state index is -4.91. The van der Waals surface area contributed by atoms with Gasteiger partial charge in [0.05, 0.1) is 16.8 Å². The second-order valence-corrected chi connectivity index (χ2v) is 12.8. The molecule has 0 saturated carbocycles. The number of hydrogen-bond donors (Lipinski definition) is 0. The Bertz CT molecular complexity index is 1490. The largest absolute Gasteiger partial charge is 2.00 e. The number of aromatic nitrogens is 6.